The number of nitrogens with one attached hydrogen (secondary N) is 1. The molecular weight excluding hydrogens is 276 g/mol. The van der Waals surface area contributed by atoms with Crippen LogP contribution in [-0.2, 0) is 4.79 Å². The average Bonchev–Trinajstić information content (AvgIpc) is 2.69. The number of carbonyl (C=O) groups is 1. The van der Waals surface area contributed by atoms with Gasteiger partial charge in [-0.3, -0.25) is 14.7 Å². The lowest BCUT2D eigenvalue weighted by Crippen LogP contribution is -2.40. The van der Waals surface area contributed by atoms with Crippen LogP contribution in [0.2, 0.25) is 0 Å². The molecule has 2 heterocycles. The molecule has 1 aliphatic heterocycles. The summed E-state index contributed by atoms with van der Waals surface area (Å²) in [6.07, 6.45) is 3.79. The number of aromatic nitrogens is 1. The van der Waals surface area contributed by atoms with E-state index < -0.39 is 0 Å². The second-order valence-electron chi connectivity index (χ2n) is 6.22. The minimum Gasteiger partial charge on any atom is -0.347 e. The van der Waals surface area contributed by atoms with Gasteiger partial charge in [-0.25, -0.2) is 0 Å². The number of likely N-dealkylation sites (N-methyl/N-ethyl adjacent to an activating group) is 1. The Morgan fingerprint density at radius 1 is 1.36 bits per heavy atom. The third-order valence-electron chi connectivity index (χ3n) is 4.22. The minimum absolute atomic E-state index is 0.00190. The second-order valence-corrected chi connectivity index (χ2v) is 6.22. The first-order valence-corrected chi connectivity index (χ1v) is 8.21. The minimum atomic E-state index is 0.00190. The van der Waals surface area contributed by atoms with Gasteiger partial charge >= 0.3 is 0 Å². The quantitative estimate of drug-likeness (QED) is 0.897. The van der Waals surface area contributed by atoms with Crippen LogP contribution in [0.25, 0.3) is 0 Å². The van der Waals surface area contributed by atoms with Gasteiger partial charge in [0.25, 0.3) is 0 Å². The van der Waals surface area contributed by atoms with Crippen LogP contribution in [0, 0.1) is 6.92 Å². The number of aryl methyl sites for hydroxylation is 1. The Labute approximate surface area is 133 Å². The third kappa shape index (κ3) is 5.07. The summed E-state index contributed by atoms with van der Waals surface area (Å²) < 4.78 is 0. The summed E-state index contributed by atoms with van der Waals surface area (Å²) in [4.78, 5) is 21.3. The number of amides is 1. The highest BCUT2D eigenvalue weighted by atomic mass is 16.2. The maximum Gasteiger partial charge on any atom is 0.234 e. The molecule has 0 radical (unpaired) electrons. The fraction of sp³-hybridized carbons (Fsp3) is 0.647. The van der Waals surface area contributed by atoms with E-state index in [0.29, 0.717) is 6.54 Å². The molecule has 1 aliphatic rings. The van der Waals surface area contributed by atoms with Gasteiger partial charge < -0.3 is 10.2 Å². The summed E-state index contributed by atoms with van der Waals surface area (Å²) in [5, 5.41) is 3.13. The van der Waals surface area contributed by atoms with Gasteiger partial charge in [0, 0.05) is 19.3 Å². The van der Waals surface area contributed by atoms with Crippen LogP contribution < -0.4 is 5.32 Å². The van der Waals surface area contributed by atoms with Crippen molar-refractivity contribution in [2.24, 2.45) is 0 Å². The van der Waals surface area contributed by atoms with E-state index in [-0.39, 0.29) is 11.9 Å². The summed E-state index contributed by atoms with van der Waals surface area (Å²) in [5.41, 5.74) is 2.12. The van der Waals surface area contributed by atoms with E-state index in [9.17, 15) is 4.79 Å². The SMILES string of the molecule is CCC(NC(=O)CN1CCCN(C)CC1)c1cc(C)ccn1. The number of pyridine rings is 1. The normalized spacial score (nSPS) is 18.7. The summed E-state index contributed by atoms with van der Waals surface area (Å²) >= 11 is 0. The Bertz CT molecular complexity index is 491. The van der Waals surface area contributed by atoms with Gasteiger partial charge in [0.1, 0.15) is 0 Å². The first-order valence-electron chi connectivity index (χ1n) is 8.21. The predicted octanol–water partition coefficient (Wildman–Crippen LogP) is 1.59. The van der Waals surface area contributed by atoms with Crippen molar-refractivity contribution in [3.63, 3.8) is 0 Å². The standard InChI is InChI=1S/C17H28N4O/c1-4-15(16-12-14(2)6-7-18-16)19-17(22)13-21-9-5-8-20(3)10-11-21/h6-7,12,15H,4-5,8-11,13H2,1-3H3,(H,19,22). The van der Waals surface area contributed by atoms with Crippen LogP contribution in [0.3, 0.4) is 0 Å². The van der Waals surface area contributed by atoms with Gasteiger partial charge in [-0.15, -0.1) is 0 Å². The van der Waals surface area contributed by atoms with E-state index in [0.717, 1.165) is 44.7 Å². The molecule has 2 rings (SSSR count). The van der Waals surface area contributed by atoms with Crippen LogP contribution >= 0.6 is 0 Å². The first-order chi connectivity index (χ1) is 10.6. The van der Waals surface area contributed by atoms with Crippen molar-refractivity contribution in [1.29, 1.82) is 0 Å². The van der Waals surface area contributed by atoms with Crippen molar-refractivity contribution in [2.75, 3.05) is 39.8 Å². The van der Waals surface area contributed by atoms with Gasteiger partial charge in [-0.05, 0) is 57.6 Å². The monoisotopic (exact) mass is 304 g/mol. The third-order valence-corrected chi connectivity index (χ3v) is 4.22. The average molecular weight is 304 g/mol. The van der Waals surface area contributed by atoms with E-state index in [2.05, 4.69) is 40.1 Å². The van der Waals surface area contributed by atoms with Crippen LogP contribution in [0.5, 0.6) is 0 Å². The molecule has 0 saturated carbocycles. The van der Waals surface area contributed by atoms with Crippen molar-refractivity contribution < 1.29 is 4.79 Å². The largest absolute Gasteiger partial charge is 0.347 e. The number of carbonyl (C=O) groups excluding carboxylic acids is 1. The zero-order valence-electron chi connectivity index (χ0n) is 14.0. The van der Waals surface area contributed by atoms with Gasteiger partial charge in [-0.2, -0.15) is 0 Å². The summed E-state index contributed by atoms with van der Waals surface area (Å²) in [6.45, 7) is 8.72. The Hall–Kier alpha value is -1.46. The lowest BCUT2D eigenvalue weighted by Gasteiger charge is -2.22. The lowest BCUT2D eigenvalue weighted by molar-refractivity contribution is -0.123. The molecule has 5 nitrogen and oxygen atoms in total. The van der Waals surface area contributed by atoms with Gasteiger partial charge in [0.15, 0.2) is 0 Å². The van der Waals surface area contributed by atoms with Crippen LogP contribution in [0.15, 0.2) is 18.3 Å². The molecule has 1 saturated heterocycles. The van der Waals surface area contributed by atoms with Crippen molar-refractivity contribution in [3.8, 4) is 0 Å². The molecule has 5 heteroatoms. The highest BCUT2D eigenvalue weighted by Gasteiger charge is 2.18. The van der Waals surface area contributed by atoms with Crippen LogP contribution in [0.1, 0.15) is 37.1 Å². The maximum absolute atomic E-state index is 12.3. The second kappa shape index (κ2) is 8.25. The molecule has 1 amide bonds. The Morgan fingerprint density at radius 3 is 2.91 bits per heavy atom. The summed E-state index contributed by atoms with van der Waals surface area (Å²) in [6, 6.07) is 4.03. The van der Waals surface area contributed by atoms with E-state index in [1.54, 1.807) is 0 Å². The molecular formula is C17H28N4O. The number of hydrogen-bond donors (Lipinski definition) is 1. The highest BCUT2D eigenvalue weighted by molar-refractivity contribution is 5.78. The number of nitrogens with zero attached hydrogens (tertiary/aromatic N) is 3. The Kier molecular flexibility index (Phi) is 6.34. The van der Waals surface area contributed by atoms with Crippen molar-refractivity contribution >= 4 is 5.91 Å². The summed E-state index contributed by atoms with van der Waals surface area (Å²) in [7, 11) is 2.14. The highest BCUT2D eigenvalue weighted by Crippen LogP contribution is 2.15. The lowest BCUT2D eigenvalue weighted by atomic mass is 10.1. The molecule has 0 bridgehead atoms. The number of hydrogen-bond acceptors (Lipinski definition) is 4. The fourth-order valence-electron chi connectivity index (χ4n) is 2.84. The van der Waals surface area contributed by atoms with E-state index in [1.165, 1.54) is 5.56 Å². The molecule has 0 aliphatic carbocycles. The first kappa shape index (κ1) is 16.9. The molecule has 1 fully saturated rings. The van der Waals surface area contributed by atoms with Crippen molar-refractivity contribution in [1.82, 2.24) is 20.1 Å². The molecule has 122 valence electrons. The van der Waals surface area contributed by atoms with Gasteiger partial charge in [0.2, 0.25) is 5.91 Å². The topological polar surface area (TPSA) is 48.5 Å². The van der Waals surface area contributed by atoms with Gasteiger partial charge in [-0.1, -0.05) is 6.92 Å². The maximum atomic E-state index is 12.3. The molecule has 1 atom stereocenters. The number of rotatable bonds is 5. The van der Waals surface area contributed by atoms with Crippen LogP contribution in [-0.4, -0.2) is 60.5 Å². The molecule has 1 N–H and O–H groups in total. The van der Waals surface area contributed by atoms with E-state index in [4.69, 9.17) is 0 Å². The predicted molar refractivity (Wildman–Crippen MR) is 88.7 cm³/mol. The van der Waals surface area contributed by atoms with Crippen molar-refractivity contribution in [2.45, 2.75) is 32.7 Å². The molecule has 22 heavy (non-hydrogen) atoms. The zero-order chi connectivity index (χ0) is 15.9. The Morgan fingerprint density at radius 2 is 2.18 bits per heavy atom. The van der Waals surface area contributed by atoms with E-state index in [1.807, 2.05) is 19.2 Å². The zero-order valence-corrected chi connectivity index (χ0v) is 14.0. The van der Waals surface area contributed by atoms with E-state index >= 15 is 0 Å². The van der Waals surface area contributed by atoms with Crippen molar-refractivity contribution in [3.05, 3.63) is 29.6 Å². The molecule has 1 aromatic rings. The smallest absolute Gasteiger partial charge is 0.234 e. The van der Waals surface area contributed by atoms with Crippen LogP contribution in [0.4, 0.5) is 0 Å². The molecule has 0 aromatic carbocycles. The fourth-order valence-corrected chi connectivity index (χ4v) is 2.84. The molecule has 1 unspecified atom stereocenters. The molecule has 1 aromatic heterocycles. The Balaban J connectivity index is 1.89. The molecule has 0 spiro atoms. The summed E-state index contributed by atoms with van der Waals surface area (Å²) in [5.74, 6) is 0.0970. The van der Waals surface area contributed by atoms with Gasteiger partial charge in [0.05, 0.1) is 18.3 Å².